The molecule has 1 aromatic heterocycles. The molecule has 0 spiro atoms. The van der Waals surface area contributed by atoms with Gasteiger partial charge in [-0.15, -0.1) is 0 Å². The van der Waals surface area contributed by atoms with E-state index < -0.39 is 10.9 Å². The van der Waals surface area contributed by atoms with Crippen LogP contribution in [0.2, 0.25) is 0 Å². The average Bonchev–Trinajstić information content (AvgIpc) is 2.66. The van der Waals surface area contributed by atoms with E-state index in [1.807, 2.05) is 0 Å². The zero-order valence-electron chi connectivity index (χ0n) is 8.37. The third kappa shape index (κ3) is 3.61. The molecule has 1 heterocycles. The highest BCUT2D eigenvalue weighted by Gasteiger charge is 2.14. The summed E-state index contributed by atoms with van der Waals surface area (Å²) < 4.78 is 1.08. The number of nitro groups is 1. The first-order valence-electron chi connectivity index (χ1n) is 4.55. The van der Waals surface area contributed by atoms with E-state index in [4.69, 9.17) is 5.11 Å². The Bertz CT molecular complexity index is 377. The third-order valence-corrected chi connectivity index (χ3v) is 1.65. The number of rotatable bonds is 6. The predicted octanol–water partition coefficient (Wildman–Crippen LogP) is -1.32. The minimum Gasteiger partial charge on any atom is -0.396 e. The van der Waals surface area contributed by atoms with E-state index in [2.05, 4.69) is 15.4 Å². The Morgan fingerprint density at radius 2 is 2.44 bits per heavy atom. The van der Waals surface area contributed by atoms with Crippen molar-refractivity contribution in [2.24, 2.45) is 0 Å². The fraction of sp³-hybridized carbons (Fsp3) is 0.571. The van der Waals surface area contributed by atoms with Gasteiger partial charge in [0.05, 0.1) is 0 Å². The molecule has 0 radical (unpaired) electrons. The molecule has 0 atom stereocenters. The molecule has 0 fully saturated rings. The van der Waals surface area contributed by atoms with Crippen LogP contribution in [-0.2, 0) is 11.3 Å². The zero-order chi connectivity index (χ0) is 12.0. The lowest BCUT2D eigenvalue weighted by atomic mass is 10.4. The quantitative estimate of drug-likeness (QED) is 0.354. The second-order valence-electron chi connectivity index (χ2n) is 2.93. The molecular formula is C7H11N5O4. The minimum atomic E-state index is -0.736. The Hall–Kier alpha value is -2.03. The SMILES string of the molecule is O=C(Cn1cnc([N+](=O)[O-])n1)NCCCO. The van der Waals surface area contributed by atoms with Gasteiger partial charge in [0.15, 0.2) is 0 Å². The first-order chi connectivity index (χ1) is 7.63. The molecule has 1 aromatic rings. The summed E-state index contributed by atoms with van der Waals surface area (Å²) >= 11 is 0. The number of nitrogens with zero attached hydrogens (tertiary/aromatic N) is 4. The number of aromatic nitrogens is 3. The summed E-state index contributed by atoms with van der Waals surface area (Å²) in [6, 6.07) is 0. The van der Waals surface area contributed by atoms with Crippen LogP contribution in [-0.4, -0.2) is 43.9 Å². The number of carbonyl (C=O) groups excluding carboxylic acids is 1. The second kappa shape index (κ2) is 5.75. The molecule has 0 saturated carbocycles. The highest BCUT2D eigenvalue weighted by molar-refractivity contribution is 5.75. The van der Waals surface area contributed by atoms with Crippen molar-refractivity contribution < 1.29 is 14.8 Å². The van der Waals surface area contributed by atoms with Crippen LogP contribution >= 0.6 is 0 Å². The Balaban J connectivity index is 2.40. The first kappa shape index (κ1) is 12.0. The second-order valence-corrected chi connectivity index (χ2v) is 2.93. The van der Waals surface area contributed by atoms with E-state index in [1.54, 1.807) is 0 Å². The summed E-state index contributed by atoms with van der Waals surface area (Å²) in [4.78, 5) is 24.1. The zero-order valence-corrected chi connectivity index (χ0v) is 8.37. The molecular weight excluding hydrogens is 218 g/mol. The molecule has 16 heavy (non-hydrogen) atoms. The van der Waals surface area contributed by atoms with Crippen LogP contribution < -0.4 is 5.32 Å². The van der Waals surface area contributed by atoms with E-state index in [0.29, 0.717) is 13.0 Å². The van der Waals surface area contributed by atoms with Crippen molar-refractivity contribution in [3.05, 3.63) is 16.4 Å². The maximum Gasteiger partial charge on any atom is 0.490 e. The highest BCUT2D eigenvalue weighted by atomic mass is 16.6. The molecule has 9 nitrogen and oxygen atoms in total. The molecule has 0 bridgehead atoms. The lowest BCUT2D eigenvalue weighted by Gasteiger charge is -2.01. The fourth-order valence-electron chi connectivity index (χ4n) is 0.955. The Labute approximate surface area is 90.2 Å². The van der Waals surface area contributed by atoms with Gasteiger partial charge in [-0.05, 0) is 11.3 Å². The lowest BCUT2D eigenvalue weighted by Crippen LogP contribution is -2.29. The van der Waals surface area contributed by atoms with Gasteiger partial charge in [0.2, 0.25) is 12.2 Å². The number of nitrogens with one attached hydrogen (secondary N) is 1. The summed E-state index contributed by atoms with van der Waals surface area (Å²) in [6.07, 6.45) is 1.58. The van der Waals surface area contributed by atoms with Crippen LogP contribution in [0.5, 0.6) is 0 Å². The molecule has 0 aliphatic rings. The van der Waals surface area contributed by atoms with Gasteiger partial charge >= 0.3 is 5.95 Å². The maximum absolute atomic E-state index is 11.2. The topological polar surface area (TPSA) is 123 Å². The monoisotopic (exact) mass is 229 g/mol. The molecule has 1 amide bonds. The van der Waals surface area contributed by atoms with Gasteiger partial charge in [-0.3, -0.25) is 4.79 Å². The van der Waals surface area contributed by atoms with E-state index in [1.165, 1.54) is 0 Å². The molecule has 9 heteroatoms. The van der Waals surface area contributed by atoms with Gasteiger partial charge in [0.25, 0.3) is 0 Å². The van der Waals surface area contributed by atoms with Crippen LogP contribution in [0.25, 0.3) is 0 Å². The molecule has 2 N–H and O–H groups in total. The molecule has 0 unspecified atom stereocenters. The predicted molar refractivity (Wildman–Crippen MR) is 51.4 cm³/mol. The van der Waals surface area contributed by atoms with E-state index in [-0.39, 0.29) is 19.1 Å². The van der Waals surface area contributed by atoms with Gasteiger partial charge in [-0.1, -0.05) is 4.98 Å². The Morgan fingerprint density at radius 3 is 3.00 bits per heavy atom. The van der Waals surface area contributed by atoms with E-state index >= 15 is 0 Å². The van der Waals surface area contributed by atoms with Crippen molar-refractivity contribution in [1.29, 1.82) is 0 Å². The average molecular weight is 229 g/mol. The Kier molecular flexibility index (Phi) is 4.33. The largest absolute Gasteiger partial charge is 0.490 e. The fourth-order valence-corrected chi connectivity index (χ4v) is 0.955. The first-order valence-corrected chi connectivity index (χ1v) is 4.55. The smallest absolute Gasteiger partial charge is 0.396 e. The van der Waals surface area contributed by atoms with Crippen molar-refractivity contribution in [2.75, 3.05) is 13.2 Å². The van der Waals surface area contributed by atoms with Crippen LogP contribution in [0.4, 0.5) is 5.95 Å². The minimum absolute atomic E-state index is 0.00488. The number of aliphatic hydroxyl groups is 1. The summed E-state index contributed by atoms with van der Waals surface area (Å²) in [5.74, 6) is -0.878. The molecule has 0 saturated heterocycles. The lowest BCUT2D eigenvalue weighted by molar-refractivity contribution is -0.394. The molecule has 88 valence electrons. The van der Waals surface area contributed by atoms with E-state index in [9.17, 15) is 14.9 Å². The molecule has 0 aliphatic heterocycles. The summed E-state index contributed by atoms with van der Waals surface area (Å²) in [7, 11) is 0. The molecule has 1 rings (SSSR count). The van der Waals surface area contributed by atoms with Gasteiger partial charge in [0, 0.05) is 18.3 Å². The summed E-state index contributed by atoms with van der Waals surface area (Å²) in [5, 5.41) is 24.7. The van der Waals surface area contributed by atoms with Crippen LogP contribution in [0.1, 0.15) is 6.42 Å². The third-order valence-electron chi connectivity index (χ3n) is 1.65. The standard InChI is InChI=1S/C7H11N5O4/c13-3-1-2-8-6(14)4-11-5-9-7(10-11)12(15)16/h5,13H,1-4H2,(H,8,14). The van der Waals surface area contributed by atoms with Gasteiger partial charge in [-0.25, -0.2) is 0 Å². The van der Waals surface area contributed by atoms with Gasteiger partial charge in [0.1, 0.15) is 6.54 Å². The van der Waals surface area contributed by atoms with Gasteiger partial charge in [-0.2, -0.15) is 4.68 Å². The maximum atomic E-state index is 11.2. The normalized spacial score (nSPS) is 10.1. The van der Waals surface area contributed by atoms with Crippen molar-refractivity contribution in [1.82, 2.24) is 20.1 Å². The van der Waals surface area contributed by atoms with Crippen molar-refractivity contribution in [2.45, 2.75) is 13.0 Å². The van der Waals surface area contributed by atoms with E-state index in [0.717, 1.165) is 11.0 Å². The van der Waals surface area contributed by atoms with Crippen molar-refractivity contribution in [3.8, 4) is 0 Å². The Morgan fingerprint density at radius 1 is 1.69 bits per heavy atom. The number of carbonyl (C=O) groups is 1. The summed E-state index contributed by atoms with van der Waals surface area (Å²) in [5.41, 5.74) is 0. The van der Waals surface area contributed by atoms with Gasteiger partial charge < -0.3 is 20.5 Å². The number of hydrogen-bond donors (Lipinski definition) is 2. The number of amides is 1. The van der Waals surface area contributed by atoms with Crippen molar-refractivity contribution in [3.63, 3.8) is 0 Å². The van der Waals surface area contributed by atoms with Crippen LogP contribution in [0.3, 0.4) is 0 Å². The number of aliphatic hydroxyl groups excluding tert-OH is 1. The molecule has 0 aliphatic carbocycles. The summed E-state index contributed by atoms with van der Waals surface area (Å²) in [6.45, 7) is 0.216. The van der Waals surface area contributed by atoms with Crippen LogP contribution in [0, 0.1) is 10.1 Å². The highest BCUT2D eigenvalue weighted by Crippen LogP contribution is 1.98. The number of hydrogen-bond acceptors (Lipinski definition) is 6. The molecule has 0 aromatic carbocycles. The van der Waals surface area contributed by atoms with Crippen LogP contribution in [0.15, 0.2) is 6.33 Å². The van der Waals surface area contributed by atoms with Crippen molar-refractivity contribution >= 4 is 11.9 Å².